The van der Waals surface area contributed by atoms with Crippen molar-refractivity contribution in [3.05, 3.63) is 0 Å². The number of hydrogen-bond acceptors (Lipinski definition) is 3. The topological polar surface area (TPSA) is 21.3 Å². The summed E-state index contributed by atoms with van der Waals surface area (Å²) >= 11 is 1.94. The summed E-state index contributed by atoms with van der Waals surface area (Å²) in [7, 11) is 1.75. The molecule has 0 aromatic heterocycles. The van der Waals surface area contributed by atoms with Crippen LogP contribution >= 0.6 is 11.8 Å². The fraction of sp³-hybridized carbons (Fsp3) is 1.00. The molecule has 1 N–H and O–H groups in total. The Morgan fingerprint density at radius 2 is 1.92 bits per heavy atom. The summed E-state index contributed by atoms with van der Waals surface area (Å²) in [6, 6.07) is 0.628. The average Bonchev–Trinajstić information content (AvgIpc) is 2.10. The third-order valence-corrected chi connectivity index (χ3v) is 3.09. The van der Waals surface area contributed by atoms with Crippen LogP contribution in [0.15, 0.2) is 0 Å². The van der Waals surface area contributed by atoms with E-state index in [1.165, 1.54) is 5.75 Å². The lowest BCUT2D eigenvalue weighted by Gasteiger charge is -2.16. The molecule has 0 aliphatic heterocycles. The highest BCUT2D eigenvalue weighted by Gasteiger charge is 2.04. The van der Waals surface area contributed by atoms with Crippen molar-refractivity contribution in [1.82, 2.24) is 5.32 Å². The number of hydrogen-bond donors (Lipinski definition) is 1. The molecule has 0 bridgehead atoms. The van der Waals surface area contributed by atoms with Crippen LogP contribution in [0, 0.1) is 5.92 Å². The van der Waals surface area contributed by atoms with E-state index in [-0.39, 0.29) is 0 Å². The van der Waals surface area contributed by atoms with E-state index in [2.05, 4.69) is 26.1 Å². The van der Waals surface area contributed by atoms with Gasteiger partial charge >= 0.3 is 0 Å². The first kappa shape index (κ1) is 13.3. The molecular weight excluding hydrogens is 182 g/mol. The van der Waals surface area contributed by atoms with E-state index in [0.29, 0.717) is 6.04 Å². The maximum atomic E-state index is 4.97. The number of thioether (sulfide) groups is 1. The zero-order chi connectivity index (χ0) is 10.1. The highest BCUT2D eigenvalue weighted by atomic mass is 32.2. The van der Waals surface area contributed by atoms with Crippen molar-refractivity contribution in [2.45, 2.75) is 26.8 Å². The van der Waals surface area contributed by atoms with E-state index in [1.807, 2.05) is 11.8 Å². The molecule has 0 fully saturated rings. The van der Waals surface area contributed by atoms with Gasteiger partial charge in [0.05, 0.1) is 6.61 Å². The minimum atomic E-state index is 0.628. The predicted molar refractivity (Wildman–Crippen MR) is 61.5 cm³/mol. The molecule has 13 heavy (non-hydrogen) atoms. The van der Waals surface area contributed by atoms with Gasteiger partial charge in [-0.2, -0.15) is 11.8 Å². The summed E-state index contributed by atoms with van der Waals surface area (Å²) < 4.78 is 4.97. The largest absolute Gasteiger partial charge is 0.384 e. The molecule has 0 radical (unpaired) electrons. The van der Waals surface area contributed by atoms with Crippen molar-refractivity contribution in [1.29, 1.82) is 0 Å². The van der Waals surface area contributed by atoms with Crippen LogP contribution in [0.3, 0.4) is 0 Å². The molecule has 0 saturated heterocycles. The van der Waals surface area contributed by atoms with E-state index in [9.17, 15) is 0 Å². The van der Waals surface area contributed by atoms with Gasteiger partial charge in [0.25, 0.3) is 0 Å². The maximum Gasteiger partial charge on any atom is 0.0552 e. The van der Waals surface area contributed by atoms with Gasteiger partial charge in [-0.1, -0.05) is 13.8 Å². The molecule has 0 saturated carbocycles. The predicted octanol–water partition coefficient (Wildman–Crippen LogP) is 2.00. The molecule has 0 aromatic carbocycles. The van der Waals surface area contributed by atoms with Crippen LogP contribution in [0.4, 0.5) is 0 Å². The average molecular weight is 205 g/mol. The quantitative estimate of drug-likeness (QED) is 0.612. The first-order valence-corrected chi connectivity index (χ1v) is 6.14. The van der Waals surface area contributed by atoms with E-state index in [4.69, 9.17) is 4.74 Å². The molecule has 2 nitrogen and oxygen atoms in total. The molecular formula is C10H23NOS. The number of rotatable bonds is 8. The Labute approximate surface area is 86.8 Å². The van der Waals surface area contributed by atoms with Crippen molar-refractivity contribution in [3.8, 4) is 0 Å². The van der Waals surface area contributed by atoms with E-state index < -0.39 is 0 Å². The standard InChI is InChI=1S/C10H23NOS/c1-9(2)10(3)11-5-7-13-8-6-12-4/h9-11H,5-8H2,1-4H3. The molecule has 0 aromatic rings. The van der Waals surface area contributed by atoms with Crippen molar-refractivity contribution < 1.29 is 4.74 Å². The van der Waals surface area contributed by atoms with Crippen molar-refractivity contribution in [2.75, 3.05) is 31.8 Å². The third kappa shape index (κ3) is 8.60. The van der Waals surface area contributed by atoms with Crippen molar-refractivity contribution in [3.63, 3.8) is 0 Å². The molecule has 0 heterocycles. The van der Waals surface area contributed by atoms with Crippen LogP contribution < -0.4 is 5.32 Å². The Kier molecular flexibility index (Phi) is 9.03. The normalized spacial score (nSPS) is 13.6. The Morgan fingerprint density at radius 3 is 2.46 bits per heavy atom. The van der Waals surface area contributed by atoms with Crippen LogP contribution in [0.5, 0.6) is 0 Å². The van der Waals surface area contributed by atoms with Gasteiger partial charge in [-0.05, 0) is 12.8 Å². The van der Waals surface area contributed by atoms with E-state index in [0.717, 1.165) is 24.8 Å². The summed E-state index contributed by atoms with van der Waals surface area (Å²) in [4.78, 5) is 0. The van der Waals surface area contributed by atoms with Gasteiger partial charge in [-0.15, -0.1) is 0 Å². The zero-order valence-electron chi connectivity index (χ0n) is 9.30. The first-order chi connectivity index (χ1) is 6.18. The smallest absolute Gasteiger partial charge is 0.0552 e. The van der Waals surface area contributed by atoms with Gasteiger partial charge in [0, 0.05) is 31.2 Å². The molecule has 1 unspecified atom stereocenters. The monoisotopic (exact) mass is 205 g/mol. The minimum Gasteiger partial charge on any atom is -0.384 e. The lowest BCUT2D eigenvalue weighted by atomic mass is 10.1. The van der Waals surface area contributed by atoms with Crippen LogP contribution in [0.25, 0.3) is 0 Å². The third-order valence-electron chi connectivity index (χ3n) is 2.14. The van der Waals surface area contributed by atoms with E-state index >= 15 is 0 Å². The lowest BCUT2D eigenvalue weighted by molar-refractivity contribution is 0.218. The summed E-state index contributed by atoms with van der Waals surface area (Å²) in [6.45, 7) is 8.70. The number of ether oxygens (including phenoxy) is 1. The van der Waals surface area contributed by atoms with Crippen molar-refractivity contribution in [2.24, 2.45) is 5.92 Å². The molecule has 0 rings (SSSR count). The Morgan fingerprint density at radius 1 is 1.23 bits per heavy atom. The second-order valence-corrected chi connectivity index (χ2v) is 4.82. The SMILES string of the molecule is COCCSCCNC(C)C(C)C. The van der Waals surface area contributed by atoms with Gasteiger partial charge in [-0.3, -0.25) is 0 Å². The molecule has 0 aliphatic carbocycles. The molecule has 1 atom stereocenters. The molecule has 0 spiro atoms. The second kappa shape index (κ2) is 8.85. The fourth-order valence-electron chi connectivity index (χ4n) is 0.839. The maximum absolute atomic E-state index is 4.97. The van der Waals surface area contributed by atoms with Gasteiger partial charge in [0.2, 0.25) is 0 Å². The molecule has 80 valence electrons. The molecule has 3 heteroatoms. The van der Waals surface area contributed by atoms with Crippen LogP contribution in [-0.2, 0) is 4.74 Å². The highest BCUT2D eigenvalue weighted by molar-refractivity contribution is 7.99. The summed E-state index contributed by atoms with van der Waals surface area (Å²) in [6.07, 6.45) is 0. The molecule has 0 amide bonds. The first-order valence-electron chi connectivity index (χ1n) is 4.98. The van der Waals surface area contributed by atoms with Crippen LogP contribution in [0.1, 0.15) is 20.8 Å². The minimum absolute atomic E-state index is 0.628. The Bertz CT molecular complexity index is 109. The second-order valence-electron chi connectivity index (χ2n) is 3.59. The number of nitrogens with one attached hydrogen (secondary N) is 1. The van der Waals surface area contributed by atoms with E-state index in [1.54, 1.807) is 7.11 Å². The van der Waals surface area contributed by atoms with Crippen LogP contribution in [0.2, 0.25) is 0 Å². The Balaban J connectivity index is 3.07. The van der Waals surface area contributed by atoms with Gasteiger partial charge in [0.15, 0.2) is 0 Å². The summed E-state index contributed by atoms with van der Waals surface area (Å²) in [5, 5.41) is 3.50. The highest BCUT2D eigenvalue weighted by Crippen LogP contribution is 2.01. The van der Waals surface area contributed by atoms with Gasteiger partial charge in [-0.25, -0.2) is 0 Å². The van der Waals surface area contributed by atoms with Gasteiger partial charge < -0.3 is 10.1 Å². The number of methoxy groups -OCH3 is 1. The fourth-order valence-corrected chi connectivity index (χ4v) is 1.59. The summed E-state index contributed by atoms with van der Waals surface area (Å²) in [5.41, 5.74) is 0. The van der Waals surface area contributed by atoms with Crippen LogP contribution in [-0.4, -0.2) is 37.8 Å². The lowest BCUT2D eigenvalue weighted by Crippen LogP contribution is -2.32. The summed E-state index contributed by atoms with van der Waals surface area (Å²) in [5.74, 6) is 3.01. The van der Waals surface area contributed by atoms with Crippen molar-refractivity contribution >= 4 is 11.8 Å². The zero-order valence-corrected chi connectivity index (χ0v) is 10.1. The van der Waals surface area contributed by atoms with Gasteiger partial charge in [0.1, 0.15) is 0 Å². The molecule has 0 aliphatic rings. The Hall–Kier alpha value is 0.270.